The molecular weight excluding hydrogens is 238 g/mol. The van der Waals surface area contributed by atoms with Gasteiger partial charge < -0.3 is 20.3 Å². The lowest BCUT2D eigenvalue weighted by atomic mass is 10.2. The van der Waals surface area contributed by atoms with Crippen LogP contribution in [0.1, 0.15) is 12.0 Å². The molecule has 0 spiro atoms. The van der Waals surface area contributed by atoms with E-state index in [0.29, 0.717) is 13.2 Å². The quantitative estimate of drug-likeness (QED) is 0.733. The average molecular weight is 265 g/mol. The van der Waals surface area contributed by atoms with Gasteiger partial charge in [0.05, 0.1) is 0 Å². The fourth-order valence-corrected chi connectivity index (χ4v) is 1.89. The second-order valence-corrected chi connectivity index (χ2v) is 5.12. The molecule has 0 aliphatic rings. The molecule has 2 N–H and O–H groups in total. The predicted molar refractivity (Wildman–Crippen MR) is 80.5 cm³/mol. The average Bonchev–Trinajstić information content (AvgIpc) is 2.39. The van der Waals surface area contributed by atoms with Gasteiger partial charge in [-0.3, -0.25) is 0 Å². The Morgan fingerprint density at radius 2 is 1.79 bits per heavy atom. The lowest BCUT2D eigenvalue weighted by Crippen LogP contribution is -2.27. The third-order valence-electron chi connectivity index (χ3n) is 3.07. The molecule has 0 unspecified atom stereocenters. The largest absolute Gasteiger partial charge is 0.492 e. The van der Waals surface area contributed by atoms with E-state index in [1.54, 1.807) is 0 Å². The highest BCUT2D eigenvalue weighted by Gasteiger charge is 2.02. The van der Waals surface area contributed by atoms with E-state index >= 15 is 0 Å². The molecule has 0 radical (unpaired) electrons. The molecule has 0 fully saturated rings. The fourth-order valence-electron chi connectivity index (χ4n) is 1.89. The van der Waals surface area contributed by atoms with Gasteiger partial charge in [-0.1, -0.05) is 18.2 Å². The monoisotopic (exact) mass is 265 g/mol. The first-order valence-electron chi connectivity index (χ1n) is 6.87. The predicted octanol–water partition coefficient (Wildman–Crippen LogP) is 1.41. The Bertz CT molecular complexity index is 355. The summed E-state index contributed by atoms with van der Waals surface area (Å²) in [6.45, 7) is 4.39. The van der Waals surface area contributed by atoms with Crippen molar-refractivity contribution in [1.82, 2.24) is 9.80 Å². The molecular formula is C15H27N3O. The van der Waals surface area contributed by atoms with Crippen LogP contribution in [0.5, 0.6) is 5.75 Å². The maximum Gasteiger partial charge on any atom is 0.123 e. The van der Waals surface area contributed by atoms with Crippen molar-refractivity contribution < 1.29 is 4.74 Å². The van der Waals surface area contributed by atoms with Gasteiger partial charge in [-0.15, -0.1) is 0 Å². The van der Waals surface area contributed by atoms with Crippen LogP contribution < -0.4 is 10.5 Å². The molecule has 108 valence electrons. The lowest BCUT2D eigenvalue weighted by molar-refractivity contribution is 0.228. The standard InChI is InChI=1S/C15H27N3O/c1-17(2)9-6-10-18(3)11-12-19-15-8-5-4-7-14(15)13-16/h4-5,7-8H,6,9-13,16H2,1-3H3. The van der Waals surface area contributed by atoms with Crippen LogP contribution >= 0.6 is 0 Å². The normalized spacial score (nSPS) is 11.3. The minimum absolute atomic E-state index is 0.523. The van der Waals surface area contributed by atoms with Crippen molar-refractivity contribution in [3.63, 3.8) is 0 Å². The van der Waals surface area contributed by atoms with Crippen LogP contribution in [0, 0.1) is 0 Å². The molecule has 4 heteroatoms. The zero-order valence-corrected chi connectivity index (χ0v) is 12.4. The summed E-state index contributed by atoms with van der Waals surface area (Å²) >= 11 is 0. The number of hydrogen-bond acceptors (Lipinski definition) is 4. The third kappa shape index (κ3) is 6.57. The van der Waals surface area contributed by atoms with E-state index in [0.717, 1.165) is 30.9 Å². The molecule has 0 aliphatic carbocycles. The summed E-state index contributed by atoms with van der Waals surface area (Å²) in [4.78, 5) is 4.51. The summed E-state index contributed by atoms with van der Waals surface area (Å²) in [5.41, 5.74) is 6.75. The van der Waals surface area contributed by atoms with Crippen LogP contribution in [0.3, 0.4) is 0 Å². The molecule has 0 amide bonds. The Labute approximate surface area is 117 Å². The van der Waals surface area contributed by atoms with Crippen molar-refractivity contribution in [2.75, 3.05) is 47.4 Å². The molecule has 1 aromatic rings. The van der Waals surface area contributed by atoms with E-state index < -0.39 is 0 Å². The Morgan fingerprint density at radius 1 is 1.05 bits per heavy atom. The number of nitrogens with zero attached hydrogens (tertiary/aromatic N) is 2. The smallest absolute Gasteiger partial charge is 0.123 e. The number of rotatable bonds is 9. The van der Waals surface area contributed by atoms with Gasteiger partial charge in [0.2, 0.25) is 0 Å². The minimum Gasteiger partial charge on any atom is -0.492 e. The summed E-state index contributed by atoms with van der Waals surface area (Å²) in [6.07, 6.45) is 1.18. The highest BCUT2D eigenvalue weighted by molar-refractivity contribution is 5.32. The third-order valence-corrected chi connectivity index (χ3v) is 3.07. The first kappa shape index (κ1) is 16.0. The van der Waals surface area contributed by atoms with Gasteiger partial charge >= 0.3 is 0 Å². The Morgan fingerprint density at radius 3 is 2.47 bits per heavy atom. The number of para-hydroxylation sites is 1. The number of ether oxygens (including phenoxy) is 1. The summed E-state index contributed by atoms with van der Waals surface area (Å²) in [5.74, 6) is 0.909. The van der Waals surface area contributed by atoms with Gasteiger partial charge in [0, 0.05) is 18.7 Å². The maximum atomic E-state index is 5.79. The van der Waals surface area contributed by atoms with E-state index in [1.165, 1.54) is 6.42 Å². The van der Waals surface area contributed by atoms with Gasteiger partial charge in [-0.2, -0.15) is 0 Å². The molecule has 0 bridgehead atoms. The van der Waals surface area contributed by atoms with Crippen molar-refractivity contribution in [2.24, 2.45) is 5.73 Å². The molecule has 19 heavy (non-hydrogen) atoms. The van der Waals surface area contributed by atoms with Crippen LogP contribution in [-0.4, -0.2) is 57.2 Å². The van der Waals surface area contributed by atoms with Crippen LogP contribution in [-0.2, 0) is 6.54 Å². The highest BCUT2D eigenvalue weighted by Crippen LogP contribution is 2.16. The number of hydrogen-bond donors (Lipinski definition) is 1. The molecule has 0 saturated carbocycles. The summed E-state index contributed by atoms with van der Waals surface area (Å²) in [5, 5.41) is 0. The molecule has 4 nitrogen and oxygen atoms in total. The van der Waals surface area contributed by atoms with Crippen LogP contribution in [0.4, 0.5) is 0 Å². The van der Waals surface area contributed by atoms with E-state index in [1.807, 2.05) is 24.3 Å². The first-order chi connectivity index (χ1) is 9.13. The van der Waals surface area contributed by atoms with E-state index in [4.69, 9.17) is 10.5 Å². The van der Waals surface area contributed by atoms with Gasteiger partial charge in [0.1, 0.15) is 12.4 Å². The fraction of sp³-hybridized carbons (Fsp3) is 0.600. The van der Waals surface area contributed by atoms with E-state index in [9.17, 15) is 0 Å². The first-order valence-corrected chi connectivity index (χ1v) is 6.87. The zero-order valence-electron chi connectivity index (χ0n) is 12.4. The Balaban J connectivity index is 2.22. The van der Waals surface area contributed by atoms with Crippen molar-refractivity contribution >= 4 is 0 Å². The second-order valence-electron chi connectivity index (χ2n) is 5.12. The molecule has 0 heterocycles. The van der Waals surface area contributed by atoms with E-state index in [-0.39, 0.29) is 0 Å². The zero-order chi connectivity index (χ0) is 14.1. The number of nitrogens with two attached hydrogens (primary N) is 1. The van der Waals surface area contributed by atoms with Gasteiger partial charge in [0.25, 0.3) is 0 Å². The Kier molecular flexibility index (Phi) is 7.48. The van der Waals surface area contributed by atoms with Crippen molar-refractivity contribution in [3.05, 3.63) is 29.8 Å². The molecule has 0 saturated heterocycles. The molecule has 0 aliphatic heterocycles. The van der Waals surface area contributed by atoms with Crippen molar-refractivity contribution in [1.29, 1.82) is 0 Å². The molecule has 1 aromatic carbocycles. The topological polar surface area (TPSA) is 41.7 Å². The van der Waals surface area contributed by atoms with E-state index in [2.05, 4.69) is 30.9 Å². The number of benzene rings is 1. The Hall–Kier alpha value is -1.10. The molecule has 0 aromatic heterocycles. The van der Waals surface area contributed by atoms with Crippen LogP contribution in [0.15, 0.2) is 24.3 Å². The molecule has 1 rings (SSSR count). The lowest BCUT2D eigenvalue weighted by Gasteiger charge is -2.18. The minimum atomic E-state index is 0.523. The van der Waals surface area contributed by atoms with Crippen LogP contribution in [0.25, 0.3) is 0 Å². The SMILES string of the molecule is CN(C)CCCN(C)CCOc1ccccc1CN. The summed E-state index contributed by atoms with van der Waals surface area (Å²) in [7, 11) is 6.34. The highest BCUT2D eigenvalue weighted by atomic mass is 16.5. The second kappa shape index (κ2) is 8.91. The summed E-state index contributed by atoms with van der Waals surface area (Å²) in [6, 6.07) is 7.96. The van der Waals surface area contributed by atoms with Gasteiger partial charge in [0.15, 0.2) is 0 Å². The maximum absolute atomic E-state index is 5.79. The summed E-state index contributed by atoms with van der Waals surface area (Å²) < 4.78 is 5.79. The number of likely N-dealkylation sites (N-methyl/N-ethyl adjacent to an activating group) is 1. The van der Waals surface area contributed by atoms with Crippen molar-refractivity contribution in [2.45, 2.75) is 13.0 Å². The van der Waals surface area contributed by atoms with Gasteiger partial charge in [-0.25, -0.2) is 0 Å². The van der Waals surface area contributed by atoms with Crippen LogP contribution in [0.2, 0.25) is 0 Å². The van der Waals surface area contributed by atoms with Gasteiger partial charge in [-0.05, 0) is 46.7 Å². The molecule has 0 atom stereocenters. The van der Waals surface area contributed by atoms with Crippen molar-refractivity contribution in [3.8, 4) is 5.75 Å².